The Morgan fingerprint density at radius 3 is 2.94 bits per heavy atom. The Hall–Kier alpha value is -0.160. The van der Waals surface area contributed by atoms with Crippen molar-refractivity contribution >= 4 is 0 Å². The average Bonchev–Trinajstić information content (AvgIpc) is 2.39. The Morgan fingerprint density at radius 2 is 2.22 bits per heavy atom. The molecule has 0 aromatic carbocycles. The van der Waals surface area contributed by atoms with Crippen molar-refractivity contribution in [3.05, 3.63) is 0 Å². The summed E-state index contributed by atoms with van der Waals surface area (Å²) in [6.45, 7) is 7.19. The second-order valence-corrected chi connectivity index (χ2v) is 5.30. The van der Waals surface area contributed by atoms with Gasteiger partial charge in [-0.15, -0.1) is 0 Å². The Balaban J connectivity index is 1.88. The maximum atomic E-state index is 5.52. The molecule has 1 aliphatic rings. The lowest BCUT2D eigenvalue weighted by atomic mass is 10.0. The zero-order valence-corrected chi connectivity index (χ0v) is 12.1. The zero-order chi connectivity index (χ0) is 13.1. The highest BCUT2D eigenvalue weighted by Gasteiger charge is 2.15. The highest BCUT2D eigenvalue weighted by Crippen LogP contribution is 2.14. The van der Waals surface area contributed by atoms with Crippen molar-refractivity contribution in [1.82, 2.24) is 10.2 Å². The van der Waals surface area contributed by atoms with Crippen LogP contribution in [-0.2, 0) is 9.47 Å². The molecule has 1 aliphatic heterocycles. The molecule has 0 bridgehead atoms. The zero-order valence-electron chi connectivity index (χ0n) is 12.1. The van der Waals surface area contributed by atoms with Gasteiger partial charge in [0, 0.05) is 26.8 Å². The number of ether oxygens (including phenoxy) is 2. The molecular formula is C14H30N2O2. The maximum absolute atomic E-state index is 5.52. The molecule has 1 N–H and O–H groups in total. The third kappa shape index (κ3) is 8.03. The molecule has 0 aliphatic carbocycles. The lowest BCUT2D eigenvalue weighted by Gasteiger charge is -2.27. The van der Waals surface area contributed by atoms with E-state index in [4.69, 9.17) is 9.47 Å². The Morgan fingerprint density at radius 1 is 1.33 bits per heavy atom. The monoisotopic (exact) mass is 258 g/mol. The number of nitrogens with zero attached hydrogens (tertiary/aromatic N) is 1. The molecule has 0 amide bonds. The fourth-order valence-corrected chi connectivity index (χ4v) is 2.41. The van der Waals surface area contributed by atoms with E-state index < -0.39 is 0 Å². The van der Waals surface area contributed by atoms with Crippen molar-refractivity contribution in [2.75, 3.05) is 60.2 Å². The highest BCUT2D eigenvalue weighted by atomic mass is 16.5. The Bertz CT molecular complexity index is 185. The summed E-state index contributed by atoms with van der Waals surface area (Å²) in [5.74, 6) is 0.753. The summed E-state index contributed by atoms with van der Waals surface area (Å²) in [7, 11) is 3.97. The molecule has 4 heteroatoms. The lowest BCUT2D eigenvalue weighted by Crippen LogP contribution is -2.31. The summed E-state index contributed by atoms with van der Waals surface area (Å²) in [4.78, 5) is 2.45. The van der Waals surface area contributed by atoms with Crippen LogP contribution in [0.15, 0.2) is 0 Å². The quantitative estimate of drug-likeness (QED) is 0.600. The van der Waals surface area contributed by atoms with E-state index in [1.165, 1.54) is 38.8 Å². The number of hydrogen-bond donors (Lipinski definition) is 1. The molecule has 1 saturated heterocycles. The second kappa shape index (κ2) is 10.7. The van der Waals surface area contributed by atoms with Crippen molar-refractivity contribution in [2.24, 2.45) is 5.92 Å². The van der Waals surface area contributed by atoms with Gasteiger partial charge in [-0.05, 0) is 51.7 Å². The SMILES string of the molecule is COCCNCCCCN(C)CC1CCCOC1. The third-order valence-corrected chi connectivity index (χ3v) is 3.45. The fourth-order valence-electron chi connectivity index (χ4n) is 2.41. The predicted octanol–water partition coefficient (Wildman–Crippen LogP) is 1.36. The third-order valence-electron chi connectivity index (χ3n) is 3.45. The first-order chi connectivity index (χ1) is 8.83. The van der Waals surface area contributed by atoms with Crippen LogP contribution in [0, 0.1) is 5.92 Å². The second-order valence-electron chi connectivity index (χ2n) is 5.30. The van der Waals surface area contributed by atoms with Gasteiger partial charge >= 0.3 is 0 Å². The molecule has 1 heterocycles. The smallest absolute Gasteiger partial charge is 0.0587 e. The van der Waals surface area contributed by atoms with E-state index in [0.717, 1.165) is 38.8 Å². The Kier molecular flexibility index (Phi) is 9.48. The first kappa shape index (κ1) is 15.9. The van der Waals surface area contributed by atoms with Gasteiger partial charge in [-0.25, -0.2) is 0 Å². The van der Waals surface area contributed by atoms with Gasteiger partial charge in [0.2, 0.25) is 0 Å². The van der Waals surface area contributed by atoms with Crippen molar-refractivity contribution in [3.8, 4) is 0 Å². The van der Waals surface area contributed by atoms with Crippen LogP contribution in [0.25, 0.3) is 0 Å². The van der Waals surface area contributed by atoms with Gasteiger partial charge in [-0.3, -0.25) is 0 Å². The van der Waals surface area contributed by atoms with Gasteiger partial charge in [0.15, 0.2) is 0 Å². The van der Waals surface area contributed by atoms with Crippen molar-refractivity contribution < 1.29 is 9.47 Å². The highest BCUT2D eigenvalue weighted by molar-refractivity contribution is 4.67. The van der Waals surface area contributed by atoms with Crippen molar-refractivity contribution in [1.29, 1.82) is 0 Å². The summed E-state index contributed by atoms with van der Waals surface area (Å²) in [6, 6.07) is 0. The first-order valence-corrected chi connectivity index (χ1v) is 7.29. The van der Waals surface area contributed by atoms with Crippen LogP contribution >= 0.6 is 0 Å². The minimum absolute atomic E-state index is 0.753. The van der Waals surface area contributed by atoms with Crippen LogP contribution in [0.3, 0.4) is 0 Å². The summed E-state index contributed by atoms with van der Waals surface area (Å²) >= 11 is 0. The van der Waals surface area contributed by atoms with Gasteiger partial charge in [-0.1, -0.05) is 0 Å². The van der Waals surface area contributed by atoms with Gasteiger partial charge in [-0.2, -0.15) is 0 Å². The standard InChI is InChI=1S/C14H30N2O2/c1-16(12-14-6-5-10-18-13-14)9-4-3-7-15-8-11-17-2/h14-15H,3-13H2,1-2H3. The van der Waals surface area contributed by atoms with Crippen LogP contribution < -0.4 is 5.32 Å². The van der Waals surface area contributed by atoms with Gasteiger partial charge in [0.1, 0.15) is 0 Å². The van der Waals surface area contributed by atoms with Gasteiger partial charge in [0.05, 0.1) is 13.2 Å². The van der Waals surface area contributed by atoms with Crippen LogP contribution in [0.1, 0.15) is 25.7 Å². The molecule has 0 aromatic heterocycles. The molecule has 0 spiro atoms. The first-order valence-electron chi connectivity index (χ1n) is 7.29. The van der Waals surface area contributed by atoms with Crippen LogP contribution in [0.5, 0.6) is 0 Å². The molecule has 1 unspecified atom stereocenters. The summed E-state index contributed by atoms with van der Waals surface area (Å²) in [6.07, 6.45) is 5.09. The summed E-state index contributed by atoms with van der Waals surface area (Å²) in [5, 5.41) is 3.38. The number of hydrogen-bond acceptors (Lipinski definition) is 4. The lowest BCUT2D eigenvalue weighted by molar-refractivity contribution is 0.0419. The van der Waals surface area contributed by atoms with Gasteiger partial charge < -0.3 is 19.7 Å². The molecule has 4 nitrogen and oxygen atoms in total. The molecule has 0 saturated carbocycles. The summed E-state index contributed by atoms with van der Waals surface area (Å²) in [5.41, 5.74) is 0. The van der Waals surface area contributed by atoms with Gasteiger partial charge in [0.25, 0.3) is 0 Å². The topological polar surface area (TPSA) is 33.7 Å². The van der Waals surface area contributed by atoms with E-state index in [-0.39, 0.29) is 0 Å². The molecular weight excluding hydrogens is 228 g/mol. The number of unbranched alkanes of at least 4 members (excludes halogenated alkanes) is 1. The molecule has 1 rings (SSSR count). The van der Waals surface area contributed by atoms with E-state index in [9.17, 15) is 0 Å². The molecule has 1 atom stereocenters. The Labute approximate surface area is 112 Å². The minimum Gasteiger partial charge on any atom is -0.383 e. The normalized spacial score (nSPS) is 20.5. The molecule has 0 radical (unpaired) electrons. The van der Waals surface area contributed by atoms with Crippen LogP contribution in [-0.4, -0.2) is 65.1 Å². The maximum Gasteiger partial charge on any atom is 0.0587 e. The van der Waals surface area contributed by atoms with E-state index in [1.807, 2.05) is 0 Å². The minimum atomic E-state index is 0.753. The molecule has 108 valence electrons. The van der Waals surface area contributed by atoms with Crippen LogP contribution in [0.2, 0.25) is 0 Å². The number of nitrogens with one attached hydrogen (secondary N) is 1. The molecule has 0 aromatic rings. The fraction of sp³-hybridized carbons (Fsp3) is 1.00. The van der Waals surface area contributed by atoms with E-state index in [2.05, 4.69) is 17.3 Å². The predicted molar refractivity (Wildman–Crippen MR) is 75.0 cm³/mol. The van der Waals surface area contributed by atoms with Crippen molar-refractivity contribution in [2.45, 2.75) is 25.7 Å². The number of rotatable bonds is 10. The largest absolute Gasteiger partial charge is 0.383 e. The summed E-state index contributed by atoms with van der Waals surface area (Å²) < 4.78 is 10.5. The number of methoxy groups -OCH3 is 1. The molecule has 18 heavy (non-hydrogen) atoms. The van der Waals surface area contributed by atoms with Crippen LogP contribution in [0.4, 0.5) is 0 Å². The van der Waals surface area contributed by atoms with E-state index in [0.29, 0.717) is 0 Å². The molecule has 1 fully saturated rings. The average molecular weight is 258 g/mol. The van der Waals surface area contributed by atoms with E-state index >= 15 is 0 Å². The van der Waals surface area contributed by atoms with Crippen molar-refractivity contribution in [3.63, 3.8) is 0 Å². The van der Waals surface area contributed by atoms with E-state index in [1.54, 1.807) is 7.11 Å².